The molecule has 0 bridgehead atoms. The molecule has 0 aliphatic carbocycles. The summed E-state index contributed by atoms with van der Waals surface area (Å²) in [5.41, 5.74) is 1.16. The first kappa shape index (κ1) is 16.5. The fourth-order valence-corrected chi connectivity index (χ4v) is 2.92. The van der Waals surface area contributed by atoms with Crippen LogP contribution in [0.2, 0.25) is 0 Å². The molecule has 1 heterocycles. The summed E-state index contributed by atoms with van der Waals surface area (Å²) in [5.74, 6) is 2.52. The van der Waals surface area contributed by atoms with E-state index >= 15 is 0 Å². The quantitative estimate of drug-likeness (QED) is 0.695. The predicted octanol–water partition coefficient (Wildman–Crippen LogP) is 1.88. The van der Waals surface area contributed by atoms with Crippen LogP contribution in [-0.4, -0.2) is 43.3 Å². The zero-order chi connectivity index (χ0) is 15.8. The van der Waals surface area contributed by atoms with Crippen molar-refractivity contribution in [2.24, 2.45) is 7.05 Å². The average Bonchev–Trinajstić information content (AvgIpc) is 2.95. The number of thioether (sulfide) groups is 1. The molecule has 1 aromatic carbocycles. The summed E-state index contributed by atoms with van der Waals surface area (Å²) in [4.78, 5) is 14.2. The first-order valence-electron chi connectivity index (χ1n) is 7.31. The summed E-state index contributed by atoms with van der Waals surface area (Å²) >= 11 is 1.68. The van der Waals surface area contributed by atoms with E-state index in [4.69, 9.17) is 0 Å². The molecule has 0 aliphatic heterocycles. The summed E-state index contributed by atoms with van der Waals surface area (Å²) in [6, 6.07) is 10.1. The van der Waals surface area contributed by atoms with Crippen LogP contribution in [0.15, 0.2) is 30.3 Å². The predicted molar refractivity (Wildman–Crippen MR) is 87.1 cm³/mol. The zero-order valence-electron chi connectivity index (χ0n) is 13.0. The van der Waals surface area contributed by atoms with Crippen molar-refractivity contribution in [3.05, 3.63) is 41.7 Å². The number of amides is 1. The number of benzene rings is 1. The van der Waals surface area contributed by atoms with E-state index in [9.17, 15) is 4.79 Å². The van der Waals surface area contributed by atoms with E-state index < -0.39 is 0 Å². The Balaban J connectivity index is 1.74. The first-order chi connectivity index (χ1) is 10.7. The lowest BCUT2D eigenvalue weighted by molar-refractivity contribution is -0.131. The maximum atomic E-state index is 12.3. The molecule has 0 atom stereocenters. The molecule has 0 N–H and O–H groups in total. The number of tetrazole rings is 1. The Hall–Kier alpha value is -1.89. The zero-order valence-corrected chi connectivity index (χ0v) is 13.8. The monoisotopic (exact) mass is 319 g/mol. The van der Waals surface area contributed by atoms with Crippen LogP contribution in [0.3, 0.4) is 0 Å². The standard InChI is InChI=1S/C15H21N5OS/c1-3-20(11-13-7-5-4-6-8-13)15(21)9-10-22-12-14-16-17-18-19(14)2/h4-8H,3,9-12H2,1-2H3. The molecule has 0 spiro atoms. The maximum Gasteiger partial charge on any atom is 0.223 e. The lowest BCUT2D eigenvalue weighted by Gasteiger charge is -2.21. The molecule has 2 rings (SSSR count). The van der Waals surface area contributed by atoms with Gasteiger partial charge in [0.2, 0.25) is 5.91 Å². The SMILES string of the molecule is CCN(Cc1ccccc1)C(=O)CCSCc1nnnn1C. The van der Waals surface area contributed by atoms with Gasteiger partial charge in [0.15, 0.2) is 5.82 Å². The van der Waals surface area contributed by atoms with Crippen molar-refractivity contribution in [3.8, 4) is 0 Å². The molecule has 2 aromatic rings. The number of aryl methyl sites for hydroxylation is 1. The van der Waals surface area contributed by atoms with Crippen molar-refractivity contribution in [1.29, 1.82) is 0 Å². The molecule has 0 aliphatic rings. The van der Waals surface area contributed by atoms with Gasteiger partial charge in [0.25, 0.3) is 0 Å². The number of carbonyl (C=O) groups is 1. The van der Waals surface area contributed by atoms with Crippen LogP contribution in [-0.2, 0) is 24.1 Å². The second kappa shape index (κ2) is 8.53. The van der Waals surface area contributed by atoms with Crippen molar-refractivity contribution in [1.82, 2.24) is 25.1 Å². The van der Waals surface area contributed by atoms with Crippen LogP contribution in [0.25, 0.3) is 0 Å². The number of hydrogen-bond donors (Lipinski definition) is 0. The van der Waals surface area contributed by atoms with Gasteiger partial charge < -0.3 is 4.90 Å². The molecule has 0 saturated heterocycles. The third-order valence-corrected chi connectivity index (χ3v) is 4.31. The summed E-state index contributed by atoms with van der Waals surface area (Å²) in [6.45, 7) is 3.42. The molecular weight excluding hydrogens is 298 g/mol. The highest BCUT2D eigenvalue weighted by Crippen LogP contribution is 2.12. The Bertz CT molecular complexity index is 587. The van der Waals surface area contributed by atoms with Crippen LogP contribution in [0.5, 0.6) is 0 Å². The van der Waals surface area contributed by atoms with Gasteiger partial charge in [-0.2, -0.15) is 11.8 Å². The minimum absolute atomic E-state index is 0.190. The third-order valence-electron chi connectivity index (χ3n) is 3.35. The highest BCUT2D eigenvalue weighted by molar-refractivity contribution is 7.98. The fraction of sp³-hybridized carbons (Fsp3) is 0.467. The van der Waals surface area contributed by atoms with Crippen molar-refractivity contribution in [3.63, 3.8) is 0 Å². The van der Waals surface area contributed by atoms with Crippen molar-refractivity contribution >= 4 is 17.7 Å². The second-order valence-electron chi connectivity index (χ2n) is 4.91. The molecule has 1 aromatic heterocycles. The number of hydrogen-bond acceptors (Lipinski definition) is 5. The molecule has 6 nitrogen and oxygen atoms in total. The lowest BCUT2D eigenvalue weighted by atomic mass is 10.2. The van der Waals surface area contributed by atoms with E-state index in [1.165, 1.54) is 0 Å². The van der Waals surface area contributed by atoms with E-state index in [0.29, 0.717) is 13.0 Å². The first-order valence-corrected chi connectivity index (χ1v) is 8.47. The molecule has 118 valence electrons. The van der Waals surface area contributed by atoms with Crippen LogP contribution in [0, 0.1) is 0 Å². The highest BCUT2D eigenvalue weighted by Gasteiger charge is 2.12. The van der Waals surface area contributed by atoms with Gasteiger partial charge in [-0.05, 0) is 22.9 Å². The van der Waals surface area contributed by atoms with Gasteiger partial charge in [0.05, 0.1) is 5.75 Å². The van der Waals surface area contributed by atoms with E-state index in [1.807, 2.05) is 49.2 Å². The van der Waals surface area contributed by atoms with Gasteiger partial charge in [-0.15, -0.1) is 5.10 Å². The normalized spacial score (nSPS) is 10.6. The topological polar surface area (TPSA) is 63.9 Å². The smallest absolute Gasteiger partial charge is 0.223 e. The van der Waals surface area contributed by atoms with Gasteiger partial charge >= 0.3 is 0 Å². The molecule has 22 heavy (non-hydrogen) atoms. The summed E-state index contributed by atoms with van der Waals surface area (Å²) in [6.07, 6.45) is 0.538. The highest BCUT2D eigenvalue weighted by atomic mass is 32.2. The van der Waals surface area contributed by atoms with E-state index in [2.05, 4.69) is 15.5 Å². The molecular formula is C15H21N5OS. The lowest BCUT2D eigenvalue weighted by Crippen LogP contribution is -2.30. The molecule has 0 saturated carbocycles. The Morgan fingerprint density at radius 1 is 1.32 bits per heavy atom. The minimum atomic E-state index is 0.190. The number of rotatable bonds is 8. The van der Waals surface area contributed by atoms with Crippen LogP contribution in [0.4, 0.5) is 0 Å². The Kier molecular flexibility index (Phi) is 6.39. The molecule has 7 heteroatoms. The van der Waals surface area contributed by atoms with Crippen molar-refractivity contribution < 1.29 is 4.79 Å². The third kappa shape index (κ3) is 4.84. The molecule has 0 radical (unpaired) electrons. The van der Waals surface area contributed by atoms with E-state index in [0.717, 1.165) is 29.4 Å². The van der Waals surface area contributed by atoms with Gasteiger partial charge in [0, 0.05) is 32.3 Å². The Labute approximate surface area is 134 Å². The van der Waals surface area contributed by atoms with E-state index in [-0.39, 0.29) is 5.91 Å². The van der Waals surface area contributed by atoms with Crippen LogP contribution in [0.1, 0.15) is 24.7 Å². The minimum Gasteiger partial charge on any atom is -0.339 e. The Morgan fingerprint density at radius 2 is 2.09 bits per heavy atom. The largest absolute Gasteiger partial charge is 0.339 e. The number of aromatic nitrogens is 4. The Morgan fingerprint density at radius 3 is 2.73 bits per heavy atom. The van der Waals surface area contributed by atoms with E-state index in [1.54, 1.807) is 16.4 Å². The van der Waals surface area contributed by atoms with Gasteiger partial charge in [0.1, 0.15) is 0 Å². The van der Waals surface area contributed by atoms with Crippen molar-refractivity contribution in [2.45, 2.75) is 25.6 Å². The van der Waals surface area contributed by atoms with Crippen molar-refractivity contribution in [2.75, 3.05) is 12.3 Å². The van der Waals surface area contributed by atoms with Gasteiger partial charge in [-0.1, -0.05) is 30.3 Å². The van der Waals surface area contributed by atoms with Crippen LogP contribution < -0.4 is 0 Å². The number of carbonyl (C=O) groups excluding carboxylic acids is 1. The second-order valence-corrected chi connectivity index (χ2v) is 6.02. The van der Waals surface area contributed by atoms with Gasteiger partial charge in [-0.25, -0.2) is 4.68 Å². The molecule has 0 unspecified atom stereocenters. The number of nitrogens with zero attached hydrogens (tertiary/aromatic N) is 5. The summed E-state index contributed by atoms with van der Waals surface area (Å²) in [7, 11) is 1.82. The summed E-state index contributed by atoms with van der Waals surface area (Å²) < 4.78 is 1.66. The van der Waals surface area contributed by atoms with Gasteiger partial charge in [-0.3, -0.25) is 4.79 Å². The van der Waals surface area contributed by atoms with Crippen LogP contribution >= 0.6 is 11.8 Å². The average molecular weight is 319 g/mol. The maximum absolute atomic E-state index is 12.3. The summed E-state index contributed by atoms with van der Waals surface area (Å²) in [5, 5.41) is 11.3. The fourth-order valence-electron chi connectivity index (χ4n) is 2.03. The molecule has 1 amide bonds. The molecule has 0 fully saturated rings.